The highest BCUT2D eigenvalue weighted by Crippen LogP contribution is 2.32. The van der Waals surface area contributed by atoms with Crippen LogP contribution >= 0.6 is 12.4 Å². The molecule has 1 aliphatic rings. The summed E-state index contributed by atoms with van der Waals surface area (Å²) in [5, 5.41) is 11.2. The molecule has 2 heterocycles. The highest BCUT2D eigenvalue weighted by Gasteiger charge is 2.27. The molecule has 0 radical (unpaired) electrons. The highest BCUT2D eigenvalue weighted by molar-refractivity contribution is 5.85. The van der Waals surface area contributed by atoms with E-state index >= 15 is 0 Å². The molecule has 18 heavy (non-hydrogen) atoms. The number of benzene rings is 1. The summed E-state index contributed by atoms with van der Waals surface area (Å²) < 4.78 is 14.0. The molecule has 1 aromatic heterocycles. The number of H-pyrrole nitrogens is 1. The average molecular weight is 270 g/mol. The maximum Gasteiger partial charge on any atom is 0.119 e. The van der Waals surface area contributed by atoms with Gasteiger partial charge in [-0.1, -0.05) is 0 Å². The van der Waals surface area contributed by atoms with Crippen LogP contribution in [0.4, 0.5) is 4.39 Å². The minimum atomic E-state index is -0.789. The number of hydrogen-bond donors (Lipinski definition) is 2. The Morgan fingerprint density at radius 2 is 2.22 bits per heavy atom. The maximum absolute atomic E-state index is 14.0. The Morgan fingerprint density at radius 3 is 3.00 bits per heavy atom. The zero-order valence-electron chi connectivity index (χ0n) is 10.2. The Hall–Kier alpha value is -1.13. The highest BCUT2D eigenvalue weighted by atomic mass is 35.5. The Bertz CT molecular complexity index is 540. The summed E-state index contributed by atoms with van der Waals surface area (Å²) in [6.45, 7) is 3.41. The summed E-state index contributed by atoms with van der Waals surface area (Å²) in [4.78, 5) is 0. The number of aryl methyl sites for hydroxylation is 1. The molecule has 0 amide bonds. The third-order valence-corrected chi connectivity index (χ3v) is 3.63. The third kappa shape index (κ3) is 2.22. The van der Waals surface area contributed by atoms with Gasteiger partial charge in [0, 0.05) is 17.8 Å². The van der Waals surface area contributed by atoms with E-state index in [0.29, 0.717) is 6.54 Å². The van der Waals surface area contributed by atoms with Gasteiger partial charge in [-0.2, -0.15) is 5.10 Å². The molecule has 98 valence electrons. The molecule has 1 aliphatic heterocycles. The molecule has 1 saturated heterocycles. The molecule has 3 rings (SSSR count). The number of piperidine rings is 1. The van der Waals surface area contributed by atoms with Crippen LogP contribution in [0.5, 0.6) is 0 Å². The minimum Gasteiger partial charge on any atom is -0.314 e. The second-order valence-electron chi connectivity index (χ2n) is 4.78. The van der Waals surface area contributed by atoms with Crippen LogP contribution in [-0.4, -0.2) is 29.5 Å². The van der Waals surface area contributed by atoms with Crippen LogP contribution in [0.15, 0.2) is 18.3 Å². The van der Waals surface area contributed by atoms with Gasteiger partial charge in [0.2, 0.25) is 0 Å². The zero-order valence-corrected chi connectivity index (χ0v) is 11.1. The normalized spacial score (nSPS) is 23.9. The topological polar surface area (TPSA) is 40.7 Å². The van der Waals surface area contributed by atoms with Crippen LogP contribution < -0.4 is 5.32 Å². The second kappa shape index (κ2) is 5.24. The van der Waals surface area contributed by atoms with Crippen molar-refractivity contribution in [3.05, 3.63) is 29.5 Å². The molecule has 2 N–H and O–H groups in total. The average Bonchev–Trinajstić information content (AvgIpc) is 2.76. The van der Waals surface area contributed by atoms with Crippen molar-refractivity contribution in [2.45, 2.75) is 25.4 Å². The van der Waals surface area contributed by atoms with Gasteiger partial charge in [-0.15, -0.1) is 12.4 Å². The van der Waals surface area contributed by atoms with Crippen LogP contribution in [-0.2, 0) is 0 Å². The van der Waals surface area contributed by atoms with E-state index in [4.69, 9.17) is 0 Å². The molecule has 3 nitrogen and oxygen atoms in total. The van der Waals surface area contributed by atoms with Crippen LogP contribution in [0.3, 0.4) is 0 Å². The van der Waals surface area contributed by atoms with E-state index in [1.807, 2.05) is 6.20 Å². The molecule has 0 bridgehead atoms. The van der Waals surface area contributed by atoms with Crippen LogP contribution in [0.25, 0.3) is 10.9 Å². The van der Waals surface area contributed by atoms with Gasteiger partial charge in [0.25, 0.3) is 0 Å². The molecule has 5 heteroatoms. The summed E-state index contributed by atoms with van der Waals surface area (Å²) >= 11 is 0. The van der Waals surface area contributed by atoms with Gasteiger partial charge >= 0.3 is 0 Å². The van der Waals surface area contributed by atoms with Gasteiger partial charge in [0.15, 0.2) is 0 Å². The number of rotatable bonds is 1. The summed E-state index contributed by atoms with van der Waals surface area (Å²) in [5.74, 6) is 0.0175. The SMILES string of the molecule is Cc1cc2cn[nH]c2cc1[C@H]1CCNC[C@H]1F.Cl. The Kier molecular flexibility index (Phi) is 3.88. The smallest absolute Gasteiger partial charge is 0.119 e. The van der Waals surface area contributed by atoms with Crippen molar-refractivity contribution in [2.24, 2.45) is 0 Å². The van der Waals surface area contributed by atoms with E-state index in [0.717, 1.165) is 35.0 Å². The third-order valence-electron chi connectivity index (χ3n) is 3.63. The van der Waals surface area contributed by atoms with Crippen molar-refractivity contribution in [1.29, 1.82) is 0 Å². The molecular weight excluding hydrogens is 253 g/mol. The fraction of sp³-hybridized carbons (Fsp3) is 0.462. The predicted molar refractivity (Wildman–Crippen MR) is 73.2 cm³/mol. The van der Waals surface area contributed by atoms with Gasteiger partial charge in [-0.3, -0.25) is 5.10 Å². The van der Waals surface area contributed by atoms with Crippen LogP contribution in [0, 0.1) is 6.92 Å². The number of alkyl halides is 1. The van der Waals surface area contributed by atoms with Crippen LogP contribution in [0.2, 0.25) is 0 Å². The van der Waals surface area contributed by atoms with E-state index in [1.54, 1.807) is 0 Å². The zero-order chi connectivity index (χ0) is 11.8. The van der Waals surface area contributed by atoms with Crippen molar-refractivity contribution in [3.63, 3.8) is 0 Å². The standard InChI is InChI=1S/C13H16FN3.ClH/c1-8-4-9-6-16-17-13(9)5-11(8)10-2-3-15-7-12(10)14;/h4-6,10,12,15H,2-3,7H2,1H3,(H,16,17);1H/t10-,12-;/m1./s1. The largest absolute Gasteiger partial charge is 0.314 e. The van der Waals surface area contributed by atoms with Crippen molar-refractivity contribution < 1.29 is 4.39 Å². The van der Waals surface area contributed by atoms with Crippen molar-refractivity contribution in [3.8, 4) is 0 Å². The first kappa shape index (κ1) is 13.3. The van der Waals surface area contributed by atoms with Gasteiger partial charge in [-0.25, -0.2) is 4.39 Å². The number of fused-ring (bicyclic) bond motifs is 1. The monoisotopic (exact) mass is 269 g/mol. The van der Waals surface area contributed by atoms with Crippen molar-refractivity contribution >= 4 is 23.3 Å². The molecule has 2 atom stereocenters. The maximum atomic E-state index is 14.0. The number of aromatic nitrogens is 2. The van der Waals surface area contributed by atoms with Crippen molar-refractivity contribution in [2.75, 3.05) is 13.1 Å². The Morgan fingerprint density at radius 1 is 1.39 bits per heavy atom. The van der Waals surface area contributed by atoms with Gasteiger partial charge in [0.05, 0.1) is 11.7 Å². The minimum absolute atomic E-state index is 0. The van der Waals surface area contributed by atoms with E-state index < -0.39 is 6.17 Å². The van der Waals surface area contributed by atoms with E-state index in [9.17, 15) is 4.39 Å². The van der Waals surface area contributed by atoms with Gasteiger partial charge < -0.3 is 5.32 Å². The first-order valence-corrected chi connectivity index (χ1v) is 6.04. The van der Waals surface area contributed by atoms with Crippen molar-refractivity contribution in [1.82, 2.24) is 15.5 Å². The number of hydrogen-bond acceptors (Lipinski definition) is 2. The Labute approximate surface area is 112 Å². The first-order chi connectivity index (χ1) is 8.25. The number of nitrogens with one attached hydrogen (secondary N) is 2. The molecule has 0 aliphatic carbocycles. The molecule has 0 saturated carbocycles. The fourth-order valence-electron chi connectivity index (χ4n) is 2.69. The summed E-state index contributed by atoms with van der Waals surface area (Å²) in [7, 11) is 0. The lowest BCUT2D eigenvalue weighted by atomic mass is 9.85. The van der Waals surface area contributed by atoms with Crippen LogP contribution in [0.1, 0.15) is 23.5 Å². The fourth-order valence-corrected chi connectivity index (χ4v) is 2.69. The lowest BCUT2D eigenvalue weighted by molar-refractivity contribution is 0.231. The lowest BCUT2D eigenvalue weighted by Crippen LogP contribution is -2.36. The summed E-state index contributed by atoms with van der Waals surface area (Å²) in [6.07, 6.45) is 1.88. The van der Waals surface area contributed by atoms with E-state index in [2.05, 4.69) is 34.6 Å². The first-order valence-electron chi connectivity index (χ1n) is 6.04. The van der Waals surface area contributed by atoms with E-state index in [-0.39, 0.29) is 18.3 Å². The summed E-state index contributed by atoms with van der Waals surface area (Å²) in [6, 6.07) is 4.14. The summed E-state index contributed by atoms with van der Waals surface area (Å²) in [5.41, 5.74) is 3.28. The predicted octanol–water partition coefficient (Wildman–Crippen LogP) is 2.71. The molecule has 0 unspecified atom stereocenters. The molecule has 1 fully saturated rings. The van der Waals surface area contributed by atoms with E-state index in [1.165, 1.54) is 0 Å². The molecular formula is C13H17ClFN3. The second-order valence-corrected chi connectivity index (χ2v) is 4.78. The molecule has 2 aromatic rings. The van der Waals surface area contributed by atoms with Gasteiger partial charge in [-0.05, 0) is 43.1 Å². The quantitative estimate of drug-likeness (QED) is 0.836. The molecule has 1 aromatic carbocycles. The number of nitrogens with zero attached hydrogens (tertiary/aromatic N) is 1. The number of halogens is 2. The Balaban J connectivity index is 0.00000120. The lowest BCUT2D eigenvalue weighted by Gasteiger charge is -2.28. The van der Waals surface area contributed by atoms with Gasteiger partial charge in [0.1, 0.15) is 6.17 Å². The molecule has 0 spiro atoms. The number of aromatic amines is 1.